The Morgan fingerprint density at radius 3 is 2.53 bits per heavy atom. The van der Waals surface area contributed by atoms with Gasteiger partial charge in [0.15, 0.2) is 0 Å². The second kappa shape index (κ2) is 5.47. The summed E-state index contributed by atoms with van der Waals surface area (Å²) in [6.07, 6.45) is 5.70. The predicted octanol–water partition coefficient (Wildman–Crippen LogP) is 0.535. The molecule has 4 heteroatoms. The van der Waals surface area contributed by atoms with Crippen molar-refractivity contribution in [3.05, 3.63) is 0 Å². The molecule has 88 valence electrons. The highest BCUT2D eigenvalue weighted by atomic mass is 16.3. The zero-order valence-corrected chi connectivity index (χ0v) is 9.46. The summed E-state index contributed by atoms with van der Waals surface area (Å²) in [5.41, 5.74) is 5.25. The molecule has 1 saturated carbocycles. The molecule has 1 aliphatic carbocycles. The quantitative estimate of drug-likeness (QED) is 0.639. The second-order valence-corrected chi connectivity index (χ2v) is 4.50. The van der Waals surface area contributed by atoms with E-state index in [2.05, 4.69) is 5.32 Å². The molecule has 0 aliphatic heterocycles. The highest BCUT2D eigenvalue weighted by Crippen LogP contribution is 2.27. The first-order valence-corrected chi connectivity index (χ1v) is 5.82. The molecule has 0 aromatic rings. The van der Waals surface area contributed by atoms with Gasteiger partial charge in [0.2, 0.25) is 5.91 Å². The molecule has 1 atom stereocenters. The minimum absolute atomic E-state index is 0.0230. The maximum Gasteiger partial charge on any atom is 0.237 e. The average Bonchev–Trinajstić information content (AvgIpc) is 2.29. The molecule has 1 rings (SSSR count). The number of hydrogen-bond donors (Lipinski definition) is 3. The lowest BCUT2D eigenvalue weighted by Gasteiger charge is -2.37. The van der Waals surface area contributed by atoms with Gasteiger partial charge in [-0.2, -0.15) is 0 Å². The van der Waals surface area contributed by atoms with Crippen LogP contribution in [0.1, 0.15) is 45.4 Å². The van der Waals surface area contributed by atoms with Crippen LogP contribution in [-0.4, -0.2) is 29.2 Å². The highest BCUT2D eigenvalue weighted by Gasteiger charge is 2.33. The first-order valence-electron chi connectivity index (χ1n) is 5.82. The molecule has 0 heterocycles. The number of aliphatic hydroxyl groups is 1. The molecule has 1 fully saturated rings. The van der Waals surface area contributed by atoms with Crippen LogP contribution in [0.3, 0.4) is 0 Å². The minimum Gasteiger partial charge on any atom is -0.394 e. The number of carbonyl (C=O) groups is 1. The van der Waals surface area contributed by atoms with Crippen LogP contribution in [-0.2, 0) is 4.79 Å². The van der Waals surface area contributed by atoms with Gasteiger partial charge >= 0.3 is 0 Å². The average molecular weight is 214 g/mol. The molecule has 0 saturated heterocycles. The number of carbonyl (C=O) groups excluding carboxylic acids is 1. The van der Waals surface area contributed by atoms with E-state index in [4.69, 9.17) is 5.73 Å². The van der Waals surface area contributed by atoms with Gasteiger partial charge in [0.05, 0.1) is 18.2 Å². The molecule has 0 bridgehead atoms. The zero-order chi connectivity index (χ0) is 11.3. The van der Waals surface area contributed by atoms with E-state index in [0.29, 0.717) is 6.42 Å². The Labute approximate surface area is 91.2 Å². The van der Waals surface area contributed by atoms with E-state index in [-0.39, 0.29) is 12.5 Å². The summed E-state index contributed by atoms with van der Waals surface area (Å²) >= 11 is 0. The summed E-state index contributed by atoms with van der Waals surface area (Å²) in [7, 11) is 0. The number of aliphatic hydroxyl groups excluding tert-OH is 1. The molecule has 0 radical (unpaired) electrons. The van der Waals surface area contributed by atoms with Gasteiger partial charge in [0, 0.05) is 0 Å². The minimum atomic E-state index is -0.449. The largest absolute Gasteiger partial charge is 0.394 e. The molecule has 0 aromatic carbocycles. The van der Waals surface area contributed by atoms with E-state index in [1.807, 2.05) is 6.92 Å². The van der Waals surface area contributed by atoms with Crippen molar-refractivity contribution < 1.29 is 9.90 Å². The van der Waals surface area contributed by atoms with E-state index in [9.17, 15) is 9.90 Å². The van der Waals surface area contributed by atoms with Gasteiger partial charge in [-0.05, 0) is 19.3 Å². The lowest BCUT2D eigenvalue weighted by Crippen LogP contribution is -2.56. The third kappa shape index (κ3) is 3.18. The molecule has 0 spiro atoms. The second-order valence-electron chi connectivity index (χ2n) is 4.50. The van der Waals surface area contributed by atoms with Gasteiger partial charge in [0.1, 0.15) is 0 Å². The lowest BCUT2D eigenvalue weighted by molar-refractivity contribution is -0.125. The summed E-state index contributed by atoms with van der Waals surface area (Å²) in [6, 6.07) is -0.449. The molecule has 0 aromatic heterocycles. The Kier molecular flexibility index (Phi) is 4.54. The summed E-state index contributed by atoms with van der Waals surface area (Å²) in [5.74, 6) is -0.131. The fourth-order valence-electron chi connectivity index (χ4n) is 2.09. The van der Waals surface area contributed by atoms with E-state index in [0.717, 1.165) is 25.7 Å². The van der Waals surface area contributed by atoms with Crippen LogP contribution in [0.5, 0.6) is 0 Å². The number of amides is 1. The van der Waals surface area contributed by atoms with Crippen molar-refractivity contribution in [2.45, 2.75) is 57.0 Å². The molecule has 15 heavy (non-hydrogen) atoms. The Hall–Kier alpha value is -0.610. The summed E-state index contributed by atoms with van der Waals surface area (Å²) in [5, 5.41) is 12.3. The smallest absolute Gasteiger partial charge is 0.237 e. The first kappa shape index (κ1) is 12.5. The van der Waals surface area contributed by atoms with Crippen LogP contribution in [0.15, 0.2) is 0 Å². The Morgan fingerprint density at radius 2 is 2.07 bits per heavy atom. The molecule has 4 nitrogen and oxygen atoms in total. The van der Waals surface area contributed by atoms with Crippen molar-refractivity contribution in [2.75, 3.05) is 6.61 Å². The summed E-state index contributed by atoms with van der Waals surface area (Å²) < 4.78 is 0. The van der Waals surface area contributed by atoms with Crippen LogP contribution in [0.4, 0.5) is 0 Å². The SMILES string of the molecule is CCC(N)C(=O)NC1(CO)CCCCC1. The Bertz CT molecular complexity index is 213. The van der Waals surface area contributed by atoms with Gasteiger partial charge in [0.25, 0.3) is 0 Å². The maximum atomic E-state index is 11.7. The molecular formula is C11H22N2O2. The van der Waals surface area contributed by atoms with E-state index < -0.39 is 11.6 Å². The Morgan fingerprint density at radius 1 is 1.47 bits per heavy atom. The van der Waals surface area contributed by atoms with E-state index in [1.54, 1.807) is 0 Å². The van der Waals surface area contributed by atoms with Crippen LogP contribution in [0.25, 0.3) is 0 Å². The fraction of sp³-hybridized carbons (Fsp3) is 0.909. The van der Waals surface area contributed by atoms with Crippen molar-refractivity contribution in [1.29, 1.82) is 0 Å². The van der Waals surface area contributed by atoms with Crippen LogP contribution < -0.4 is 11.1 Å². The fourth-order valence-corrected chi connectivity index (χ4v) is 2.09. The molecule has 1 amide bonds. The number of hydrogen-bond acceptors (Lipinski definition) is 3. The molecular weight excluding hydrogens is 192 g/mol. The van der Waals surface area contributed by atoms with Crippen molar-refractivity contribution in [3.63, 3.8) is 0 Å². The number of nitrogens with one attached hydrogen (secondary N) is 1. The molecule has 4 N–H and O–H groups in total. The first-order chi connectivity index (χ1) is 7.13. The molecule has 1 aliphatic rings. The summed E-state index contributed by atoms with van der Waals surface area (Å²) in [6.45, 7) is 1.91. The van der Waals surface area contributed by atoms with Gasteiger partial charge in [-0.15, -0.1) is 0 Å². The van der Waals surface area contributed by atoms with E-state index in [1.165, 1.54) is 6.42 Å². The van der Waals surface area contributed by atoms with Crippen molar-refractivity contribution >= 4 is 5.91 Å². The van der Waals surface area contributed by atoms with Gasteiger partial charge in [-0.25, -0.2) is 0 Å². The Balaban J connectivity index is 2.55. The van der Waals surface area contributed by atoms with Gasteiger partial charge in [-0.3, -0.25) is 4.79 Å². The molecule has 1 unspecified atom stereocenters. The highest BCUT2D eigenvalue weighted by molar-refractivity contribution is 5.82. The third-order valence-electron chi connectivity index (χ3n) is 3.28. The van der Waals surface area contributed by atoms with Crippen LogP contribution in [0, 0.1) is 0 Å². The monoisotopic (exact) mass is 214 g/mol. The van der Waals surface area contributed by atoms with Crippen molar-refractivity contribution in [2.24, 2.45) is 5.73 Å². The van der Waals surface area contributed by atoms with Crippen molar-refractivity contribution in [1.82, 2.24) is 5.32 Å². The number of nitrogens with two attached hydrogens (primary N) is 1. The van der Waals surface area contributed by atoms with E-state index >= 15 is 0 Å². The van der Waals surface area contributed by atoms with Crippen LogP contribution >= 0.6 is 0 Å². The third-order valence-corrected chi connectivity index (χ3v) is 3.28. The van der Waals surface area contributed by atoms with Gasteiger partial charge in [-0.1, -0.05) is 26.2 Å². The van der Waals surface area contributed by atoms with Crippen molar-refractivity contribution in [3.8, 4) is 0 Å². The summed E-state index contributed by atoms with van der Waals surface area (Å²) in [4.78, 5) is 11.7. The van der Waals surface area contributed by atoms with Crippen LogP contribution in [0.2, 0.25) is 0 Å². The number of rotatable bonds is 4. The maximum absolute atomic E-state index is 11.7. The predicted molar refractivity (Wildman–Crippen MR) is 59.3 cm³/mol. The normalized spacial score (nSPS) is 22.1. The lowest BCUT2D eigenvalue weighted by atomic mass is 9.82. The zero-order valence-electron chi connectivity index (χ0n) is 9.46. The topological polar surface area (TPSA) is 75.4 Å². The standard InChI is InChI=1S/C11H22N2O2/c1-2-9(12)10(15)13-11(8-14)6-4-3-5-7-11/h9,14H,2-8,12H2,1H3,(H,13,15). The van der Waals surface area contributed by atoms with Gasteiger partial charge < -0.3 is 16.2 Å².